The molecule has 0 aliphatic rings. The molecular weight excluding hydrogens is 164 g/mol. The van der Waals surface area contributed by atoms with Crippen molar-refractivity contribution in [1.29, 1.82) is 0 Å². The van der Waals surface area contributed by atoms with E-state index in [1.54, 1.807) is 6.26 Å². The van der Waals surface area contributed by atoms with Crippen LogP contribution in [0.2, 0.25) is 0 Å². The van der Waals surface area contributed by atoms with Gasteiger partial charge in [-0.15, -0.1) is 0 Å². The van der Waals surface area contributed by atoms with E-state index >= 15 is 0 Å². The first-order valence-electron chi connectivity index (χ1n) is 4.60. The fourth-order valence-electron chi connectivity index (χ4n) is 1.10. The molecule has 3 nitrogen and oxygen atoms in total. The van der Waals surface area contributed by atoms with Crippen LogP contribution in [0.1, 0.15) is 25.2 Å². The molecule has 3 heteroatoms. The number of hydrogen-bond donors (Lipinski definition) is 1. The molecule has 13 heavy (non-hydrogen) atoms. The largest absolute Gasteiger partial charge is 0.468 e. The van der Waals surface area contributed by atoms with Crippen LogP contribution in [0.25, 0.3) is 0 Å². The summed E-state index contributed by atoms with van der Waals surface area (Å²) in [5, 5.41) is 0. The van der Waals surface area contributed by atoms with Gasteiger partial charge in [-0.1, -0.05) is 0 Å². The molecule has 74 valence electrons. The highest BCUT2D eigenvalue weighted by atomic mass is 16.3. The van der Waals surface area contributed by atoms with Crippen LogP contribution in [0.3, 0.4) is 0 Å². The minimum absolute atomic E-state index is 0.524. The highest BCUT2D eigenvalue weighted by Gasteiger charge is 2.09. The van der Waals surface area contributed by atoms with Gasteiger partial charge in [-0.05, 0) is 27.0 Å². The third kappa shape index (κ3) is 2.57. The molecule has 0 fully saturated rings. The molecule has 0 atom stereocenters. The summed E-state index contributed by atoms with van der Waals surface area (Å²) >= 11 is 0. The number of nitrogens with two attached hydrogens (primary N) is 1. The third-order valence-electron chi connectivity index (χ3n) is 2.33. The minimum Gasteiger partial charge on any atom is -0.468 e. The molecule has 0 saturated heterocycles. The van der Waals surface area contributed by atoms with Crippen LogP contribution in [0.15, 0.2) is 16.7 Å². The summed E-state index contributed by atoms with van der Waals surface area (Å²) in [6.07, 6.45) is 1.70. The van der Waals surface area contributed by atoms with Crippen molar-refractivity contribution in [3.8, 4) is 0 Å². The maximum atomic E-state index is 5.57. The Morgan fingerprint density at radius 1 is 1.54 bits per heavy atom. The molecule has 0 saturated carbocycles. The molecule has 0 aromatic carbocycles. The predicted molar refractivity (Wildman–Crippen MR) is 53.2 cm³/mol. The summed E-state index contributed by atoms with van der Waals surface area (Å²) in [5.74, 6) is 0.985. The molecule has 0 aliphatic heterocycles. The summed E-state index contributed by atoms with van der Waals surface area (Å²) in [4.78, 5) is 2.22. The summed E-state index contributed by atoms with van der Waals surface area (Å²) < 4.78 is 5.35. The van der Waals surface area contributed by atoms with Gasteiger partial charge in [0.05, 0.1) is 12.8 Å². The van der Waals surface area contributed by atoms with Crippen molar-refractivity contribution in [2.24, 2.45) is 5.73 Å². The predicted octanol–water partition coefficient (Wildman–Crippen LogP) is 1.58. The van der Waals surface area contributed by atoms with E-state index in [-0.39, 0.29) is 0 Å². The lowest BCUT2D eigenvalue weighted by Gasteiger charge is -2.19. The standard InChI is InChI=1S/C10H18N2O/c1-8(2)12(3)7-10-9(6-11)4-5-13-10/h4-5,8H,6-7,11H2,1-3H3. The fourth-order valence-corrected chi connectivity index (χ4v) is 1.10. The lowest BCUT2D eigenvalue weighted by Crippen LogP contribution is -2.25. The summed E-state index contributed by atoms with van der Waals surface area (Å²) in [6.45, 7) is 5.70. The van der Waals surface area contributed by atoms with Gasteiger partial charge in [0.25, 0.3) is 0 Å². The van der Waals surface area contributed by atoms with Gasteiger partial charge in [0.15, 0.2) is 0 Å². The zero-order chi connectivity index (χ0) is 9.84. The maximum absolute atomic E-state index is 5.57. The quantitative estimate of drug-likeness (QED) is 0.768. The molecule has 1 rings (SSSR count). The molecule has 0 spiro atoms. The molecule has 0 unspecified atom stereocenters. The molecule has 0 bridgehead atoms. The van der Waals surface area contributed by atoms with Crippen LogP contribution < -0.4 is 5.73 Å². The van der Waals surface area contributed by atoms with Crippen molar-refractivity contribution in [2.45, 2.75) is 33.0 Å². The van der Waals surface area contributed by atoms with E-state index in [4.69, 9.17) is 10.2 Å². The minimum atomic E-state index is 0.524. The second kappa shape index (κ2) is 4.44. The maximum Gasteiger partial charge on any atom is 0.122 e. The van der Waals surface area contributed by atoms with E-state index in [1.807, 2.05) is 6.07 Å². The average Bonchev–Trinajstić information content (AvgIpc) is 2.51. The monoisotopic (exact) mass is 182 g/mol. The SMILES string of the molecule is CC(C)N(C)Cc1occc1CN. The first kappa shape index (κ1) is 10.3. The molecule has 1 aromatic rings. The van der Waals surface area contributed by atoms with E-state index < -0.39 is 0 Å². The van der Waals surface area contributed by atoms with E-state index in [0.29, 0.717) is 12.6 Å². The van der Waals surface area contributed by atoms with E-state index in [0.717, 1.165) is 17.9 Å². The van der Waals surface area contributed by atoms with Gasteiger partial charge in [-0.2, -0.15) is 0 Å². The van der Waals surface area contributed by atoms with Gasteiger partial charge >= 0.3 is 0 Å². The average molecular weight is 182 g/mol. The van der Waals surface area contributed by atoms with E-state index in [9.17, 15) is 0 Å². The van der Waals surface area contributed by atoms with Crippen LogP contribution in [0.4, 0.5) is 0 Å². The molecule has 2 N–H and O–H groups in total. The van der Waals surface area contributed by atoms with Crippen LogP contribution in [-0.4, -0.2) is 18.0 Å². The van der Waals surface area contributed by atoms with Gasteiger partial charge in [0.1, 0.15) is 5.76 Å². The van der Waals surface area contributed by atoms with E-state index in [1.165, 1.54) is 0 Å². The van der Waals surface area contributed by atoms with Crippen LogP contribution in [-0.2, 0) is 13.1 Å². The molecule has 0 amide bonds. The van der Waals surface area contributed by atoms with Crippen molar-refractivity contribution >= 4 is 0 Å². The first-order chi connectivity index (χ1) is 6.15. The number of nitrogens with zero attached hydrogens (tertiary/aromatic N) is 1. The van der Waals surface area contributed by atoms with Crippen molar-refractivity contribution in [3.05, 3.63) is 23.7 Å². The second-order valence-electron chi connectivity index (χ2n) is 3.58. The Bertz CT molecular complexity index is 255. The van der Waals surface area contributed by atoms with Gasteiger partial charge in [-0.3, -0.25) is 4.90 Å². The Morgan fingerprint density at radius 3 is 2.77 bits per heavy atom. The molecule has 1 aromatic heterocycles. The number of rotatable bonds is 4. The normalized spacial score (nSPS) is 11.5. The summed E-state index contributed by atoms with van der Waals surface area (Å²) in [7, 11) is 2.08. The second-order valence-corrected chi connectivity index (χ2v) is 3.58. The van der Waals surface area contributed by atoms with Gasteiger partial charge in [0, 0.05) is 18.2 Å². The highest BCUT2D eigenvalue weighted by Crippen LogP contribution is 2.12. The first-order valence-corrected chi connectivity index (χ1v) is 4.60. The van der Waals surface area contributed by atoms with Gasteiger partial charge in [0.2, 0.25) is 0 Å². The van der Waals surface area contributed by atoms with E-state index in [2.05, 4.69) is 25.8 Å². The van der Waals surface area contributed by atoms with Crippen LogP contribution in [0.5, 0.6) is 0 Å². The van der Waals surface area contributed by atoms with Crippen molar-refractivity contribution < 1.29 is 4.42 Å². The lowest BCUT2D eigenvalue weighted by molar-refractivity contribution is 0.242. The van der Waals surface area contributed by atoms with Crippen molar-refractivity contribution in [3.63, 3.8) is 0 Å². The smallest absolute Gasteiger partial charge is 0.122 e. The van der Waals surface area contributed by atoms with Gasteiger partial charge < -0.3 is 10.2 Å². The number of furan rings is 1. The zero-order valence-corrected chi connectivity index (χ0v) is 8.58. The summed E-state index contributed by atoms with van der Waals surface area (Å²) in [6, 6.07) is 2.46. The Hall–Kier alpha value is -0.800. The Balaban J connectivity index is 2.62. The number of hydrogen-bond acceptors (Lipinski definition) is 3. The van der Waals surface area contributed by atoms with Gasteiger partial charge in [-0.25, -0.2) is 0 Å². The zero-order valence-electron chi connectivity index (χ0n) is 8.58. The van der Waals surface area contributed by atoms with Crippen molar-refractivity contribution in [1.82, 2.24) is 4.90 Å². The molecule has 0 aliphatic carbocycles. The molecule has 0 radical (unpaired) electrons. The Morgan fingerprint density at radius 2 is 2.23 bits per heavy atom. The van der Waals surface area contributed by atoms with Crippen LogP contribution in [0, 0.1) is 0 Å². The highest BCUT2D eigenvalue weighted by molar-refractivity contribution is 5.16. The fraction of sp³-hybridized carbons (Fsp3) is 0.600. The van der Waals surface area contributed by atoms with Crippen molar-refractivity contribution in [2.75, 3.05) is 7.05 Å². The Labute approximate surface area is 79.5 Å². The lowest BCUT2D eigenvalue weighted by atomic mass is 10.2. The summed E-state index contributed by atoms with van der Waals surface area (Å²) in [5.41, 5.74) is 6.67. The molecule has 1 heterocycles. The third-order valence-corrected chi connectivity index (χ3v) is 2.33. The van der Waals surface area contributed by atoms with Crippen LogP contribution >= 0.6 is 0 Å². The molecular formula is C10H18N2O. The topological polar surface area (TPSA) is 42.4 Å². The Kier molecular flexibility index (Phi) is 3.51.